The zero-order valence-corrected chi connectivity index (χ0v) is 7.72. The number of rotatable bonds is 1. The van der Waals surface area contributed by atoms with Gasteiger partial charge in [-0.1, -0.05) is 29.8 Å². The highest BCUT2D eigenvalue weighted by Crippen LogP contribution is 2.29. The van der Waals surface area contributed by atoms with Gasteiger partial charge in [-0.15, -0.1) is 0 Å². The van der Waals surface area contributed by atoms with E-state index >= 15 is 0 Å². The van der Waals surface area contributed by atoms with Crippen molar-refractivity contribution in [3.8, 4) is 0 Å². The maximum absolute atomic E-state index is 10.9. The molecule has 0 amide bonds. The summed E-state index contributed by atoms with van der Waals surface area (Å²) in [6.45, 7) is 4.05. The van der Waals surface area contributed by atoms with Crippen molar-refractivity contribution in [1.82, 2.24) is 0 Å². The first kappa shape index (κ1) is 8.05. The molecule has 0 aliphatic carbocycles. The van der Waals surface area contributed by atoms with E-state index in [1.165, 1.54) is 0 Å². The Bertz CT molecular complexity index is 147. The first-order chi connectivity index (χ1) is 4.66. The molecule has 1 aliphatic rings. The molecule has 58 valence electrons. The highest BCUT2D eigenvalue weighted by Gasteiger charge is 2.38. The van der Waals surface area contributed by atoms with Gasteiger partial charge < -0.3 is 4.74 Å². The van der Waals surface area contributed by atoms with Crippen molar-refractivity contribution in [2.45, 2.75) is 31.2 Å². The van der Waals surface area contributed by atoms with Gasteiger partial charge in [0.2, 0.25) is 0 Å². The molecule has 3 heteroatoms. The molecule has 0 bridgehead atoms. The van der Waals surface area contributed by atoms with Crippen LogP contribution in [0.2, 0.25) is 0 Å². The van der Waals surface area contributed by atoms with E-state index in [1.54, 1.807) is 0 Å². The molecular weight excluding hydrogens is 196 g/mol. The predicted molar refractivity (Wildman–Crippen MR) is 42.1 cm³/mol. The van der Waals surface area contributed by atoms with E-state index in [0.29, 0.717) is 5.92 Å². The van der Waals surface area contributed by atoms with E-state index in [9.17, 15) is 4.79 Å². The molecule has 0 spiro atoms. The van der Waals surface area contributed by atoms with Gasteiger partial charge in [-0.2, -0.15) is 0 Å². The summed E-state index contributed by atoms with van der Waals surface area (Å²) in [5, 5.41) is 0. The van der Waals surface area contributed by atoms with Gasteiger partial charge in [0.1, 0.15) is 10.9 Å². The molecule has 10 heavy (non-hydrogen) atoms. The molecule has 1 unspecified atom stereocenters. The molecule has 0 aromatic rings. The molecule has 1 fully saturated rings. The molecule has 1 aliphatic heterocycles. The van der Waals surface area contributed by atoms with Crippen LogP contribution in [0.4, 0.5) is 0 Å². The van der Waals surface area contributed by atoms with Gasteiger partial charge in [0, 0.05) is 5.92 Å². The molecular formula is C7H11BrO2. The molecule has 0 aromatic heterocycles. The third kappa shape index (κ3) is 1.19. The second-order valence-electron chi connectivity index (χ2n) is 2.64. The van der Waals surface area contributed by atoms with Gasteiger partial charge in [-0.25, -0.2) is 0 Å². The Balaban J connectivity index is 2.61. The van der Waals surface area contributed by atoms with Gasteiger partial charge in [0.25, 0.3) is 0 Å². The van der Waals surface area contributed by atoms with Gasteiger partial charge in [-0.3, -0.25) is 4.79 Å². The molecule has 0 aromatic carbocycles. The van der Waals surface area contributed by atoms with E-state index in [4.69, 9.17) is 4.74 Å². The molecule has 0 saturated carbocycles. The maximum Gasteiger partial charge on any atom is 0.320 e. The molecule has 1 rings (SSSR count). The molecule has 1 heterocycles. The number of cyclic esters (lactones) is 1. The van der Waals surface area contributed by atoms with Crippen molar-refractivity contribution in [3.63, 3.8) is 0 Å². The number of ether oxygens (including phenoxy) is 1. The normalized spacial score (nSPS) is 39.9. The van der Waals surface area contributed by atoms with Gasteiger partial charge in [-0.05, 0) is 6.42 Å². The number of hydrogen-bond acceptors (Lipinski definition) is 2. The lowest BCUT2D eigenvalue weighted by atomic mass is 10.0. The summed E-state index contributed by atoms with van der Waals surface area (Å²) in [4.78, 5) is 10.8. The standard InChI is InChI=1S/C7H11BrO2/c1-3-5-4(2)6(8)7(9)10-5/h4-6H,3H2,1-2H3/t4-,5-,6?/m1/s1. The Morgan fingerprint density at radius 3 is 2.50 bits per heavy atom. The van der Waals surface area contributed by atoms with Crippen LogP contribution < -0.4 is 0 Å². The van der Waals surface area contributed by atoms with Crippen LogP contribution in [0.1, 0.15) is 20.3 Å². The van der Waals surface area contributed by atoms with Crippen LogP contribution in [0.15, 0.2) is 0 Å². The number of esters is 1. The number of carbonyl (C=O) groups excluding carboxylic acids is 1. The first-order valence-electron chi connectivity index (χ1n) is 3.51. The van der Waals surface area contributed by atoms with Crippen molar-refractivity contribution in [2.24, 2.45) is 5.92 Å². The van der Waals surface area contributed by atoms with Crippen molar-refractivity contribution in [2.75, 3.05) is 0 Å². The van der Waals surface area contributed by atoms with Crippen LogP contribution in [0.3, 0.4) is 0 Å². The second-order valence-corrected chi connectivity index (χ2v) is 3.63. The smallest absolute Gasteiger partial charge is 0.320 e. The van der Waals surface area contributed by atoms with Crippen molar-refractivity contribution in [1.29, 1.82) is 0 Å². The molecule has 0 radical (unpaired) electrons. The van der Waals surface area contributed by atoms with Crippen LogP contribution >= 0.6 is 15.9 Å². The Labute approximate surface area is 69.1 Å². The molecule has 2 nitrogen and oxygen atoms in total. The average molecular weight is 207 g/mol. The summed E-state index contributed by atoms with van der Waals surface area (Å²) in [7, 11) is 0. The van der Waals surface area contributed by atoms with E-state index < -0.39 is 0 Å². The van der Waals surface area contributed by atoms with Crippen LogP contribution in [0, 0.1) is 5.92 Å². The highest BCUT2D eigenvalue weighted by molar-refractivity contribution is 9.10. The SMILES string of the molecule is CC[C@H]1OC(=O)C(Br)[C@@H]1C. The summed E-state index contributed by atoms with van der Waals surface area (Å²) in [5.41, 5.74) is 0. The minimum Gasteiger partial charge on any atom is -0.461 e. The first-order valence-corrected chi connectivity index (χ1v) is 4.43. The van der Waals surface area contributed by atoms with Crippen LogP contribution in [-0.2, 0) is 9.53 Å². The molecule has 3 atom stereocenters. The fourth-order valence-electron chi connectivity index (χ4n) is 1.18. The number of alkyl halides is 1. The van der Waals surface area contributed by atoms with Crippen molar-refractivity contribution in [3.05, 3.63) is 0 Å². The third-order valence-electron chi connectivity index (χ3n) is 1.94. The monoisotopic (exact) mass is 206 g/mol. The summed E-state index contributed by atoms with van der Waals surface area (Å²) < 4.78 is 5.05. The van der Waals surface area contributed by atoms with Crippen LogP contribution in [0.25, 0.3) is 0 Å². The summed E-state index contributed by atoms with van der Waals surface area (Å²) >= 11 is 3.28. The minimum atomic E-state index is -0.112. The number of carbonyl (C=O) groups is 1. The number of hydrogen-bond donors (Lipinski definition) is 0. The third-order valence-corrected chi connectivity index (χ3v) is 3.15. The van der Waals surface area contributed by atoms with Crippen LogP contribution in [-0.4, -0.2) is 16.9 Å². The van der Waals surface area contributed by atoms with Gasteiger partial charge in [0.15, 0.2) is 0 Å². The lowest BCUT2D eigenvalue weighted by Crippen LogP contribution is -2.16. The zero-order chi connectivity index (χ0) is 7.72. The van der Waals surface area contributed by atoms with Crippen molar-refractivity contribution >= 4 is 21.9 Å². The topological polar surface area (TPSA) is 26.3 Å². The zero-order valence-electron chi connectivity index (χ0n) is 6.13. The van der Waals surface area contributed by atoms with E-state index in [1.807, 2.05) is 13.8 Å². The quantitative estimate of drug-likeness (QED) is 0.483. The number of halogens is 1. The van der Waals surface area contributed by atoms with Gasteiger partial charge in [0.05, 0.1) is 0 Å². The fourth-order valence-corrected chi connectivity index (χ4v) is 1.63. The van der Waals surface area contributed by atoms with E-state index in [-0.39, 0.29) is 16.9 Å². The molecule has 1 saturated heterocycles. The average Bonchev–Trinajstić information content (AvgIpc) is 2.17. The summed E-state index contributed by atoms with van der Waals surface area (Å²) in [5.74, 6) is 0.205. The highest BCUT2D eigenvalue weighted by atomic mass is 79.9. The Kier molecular flexibility index (Phi) is 2.34. The minimum absolute atomic E-state index is 0.0857. The summed E-state index contributed by atoms with van der Waals surface area (Å²) in [6, 6.07) is 0. The lowest BCUT2D eigenvalue weighted by molar-refractivity contribution is -0.141. The van der Waals surface area contributed by atoms with Crippen LogP contribution in [0.5, 0.6) is 0 Å². The Morgan fingerprint density at radius 2 is 2.30 bits per heavy atom. The lowest BCUT2D eigenvalue weighted by Gasteiger charge is -2.10. The summed E-state index contributed by atoms with van der Waals surface area (Å²) in [6.07, 6.45) is 1.03. The van der Waals surface area contributed by atoms with Crippen molar-refractivity contribution < 1.29 is 9.53 Å². The Hall–Kier alpha value is -0.0500. The molecule has 0 N–H and O–H groups in total. The largest absolute Gasteiger partial charge is 0.461 e. The second kappa shape index (κ2) is 2.91. The maximum atomic E-state index is 10.9. The predicted octanol–water partition coefficient (Wildman–Crippen LogP) is 1.72. The van der Waals surface area contributed by atoms with E-state index in [0.717, 1.165) is 6.42 Å². The Morgan fingerprint density at radius 1 is 1.70 bits per heavy atom. The fraction of sp³-hybridized carbons (Fsp3) is 0.857. The van der Waals surface area contributed by atoms with Gasteiger partial charge >= 0.3 is 5.97 Å². The van der Waals surface area contributed by atoms with E-state index in [2.05, 4.69) is 15.9 Å².